The number of anilines is 1. The minimum atomic E-state index is -0.761. The fourth-order valence-corrected chi connectivity index (χ4v) is 1.92. The molecule has 0 saturated heterocycles. The average molecular weight is 265 g/mol. The van der Waals surface area contributed by atoms with Crippen molar-refractivity contribution in [2.45, 2.75) is 46.5 Å². The van der Waals surface area contributed by atoms with Crippen LogP contribution in [0.15, 0.2) is 12.4 Å². The summed E-state index contributed by atoms with van der Waals surface area (Å²) in [6.45, 7) is 8.30. The Kier molecular flexibility index (Phi) is 5.27. The van der Waals surface area contributed by atoms with Crippen LogP contribution >= 0.6 is 0 Å². The molecule has 0 radical (unpaired) electrons. The topological polar surface area (TPSA) is 75.1 Å². The molecule has 0 atom stereocenters. The van der Waals surface area contributed by atoms with Crippen molar-refractivity contribution in [2.24, 2.45) is 5.41 Å². The lowest BCUT2D eigenvalue weighted by Gasteiger charge is -2.27. The van der Waals surface area contributed by atoms with E-state index >= 15 is 0 Å². The van der Waals surface area contributed by atoms with Crippen LogP contribution in [0, 0.1) is 5.41 Å². The molecule has 0 fully saturated rings. The SMILES string of the molecule is CCC(CC)(CNc1cc(C(C)C)ncn1)C(=O)O. The third kappa shape index (κ3) is 3.66. The molecule has 1 rings (SSSR count). The molecule has 0 saturated carbocycles. The number of hydrogen-bond donors (Lipinski definition) is 2. The number of aromatic nitrogens is 2. The highest BCUT2D eigenvalue weighted by molar-refractivity contribution is 5.75. The Hall–Kier alpha value is -1.65. The van der Waals surface area contributed by atoms with E-state index in [2.05, 4.69) is 29.1 Å². The van der Waals surface area contributed by atoms with Gasteiger partial charge >= 0.3 is 5.97 Å². The Morgan fingerprint density at radius 2 is 2.00 bits per heavy atom. The van der Waals surface area contributed by atoms with Crippen LogP contribution in [-0.4, -0.2) is 27.6 Å². The van der Waals surface area contributed by atoms with E-state index in [0.29, 0.717) is 31.1 Å². The summed E-state index contributed by atoms with van der Waals surface area (Å²) in [6, 6.07) is 1.88. The molecule has 5 nitrogen and oxygen atoms in total. The van der Waals surface area contributed by atoms with Gasteiger partial charge in [-0.2, -0.15) is 0 Å². The quantitative estimate of drug-likeness (QED) is 0.792. The van der Waals surface area contributed by atoms with E-state index in [-0.39, 0.29) is 0 Å². The van der Waals surface area contributed by atoms with Gasteiger partial charge in [-0.1, -0.05) is 27.7 Å². The van der Waals surface area contributed by atoms with E-state index in [0.717, 1.165) is 5.69 Å². The van der Waals surface area contributed by atoms with Crippen LogP contribution in [0.5, 0.6) is 0 Å². The van der Waals surface area contributed by atoms with Gasteiger partial charge in [-0.05, 0) is 18.8 Å². The second-order valence-electron chi connectivity index (χ2n) is 5.13. The third-order valence-electron chi connectivity index (χ3n) is 3.69. The highest BCUT2D eigenvalue weighted by atomic mass is 16.4. The van der Waals surface area contributed by atoms with Gasteiger partial charge in [-0.15, -0.1) is 0 Å². The van der Waals surface area contributed by atoms with Crippen molar-refractivity contribution in [3.63, 3.8) is 0 Å². The first-order chi connectivity index (χ1) is 8.95. The van der Waals surface area contributed by atoms with E-state index in [1.165, 1.54) is 6.33 Å². The van der Waals surface area contributed by atoms with E-state index in [1.807, 2.05) is 19.9 Å². The molecule has 0 bridgehead atoms. The van der Waals surface area contributed by atoms with Crippen molar-refractivity contribution in [3.8, 4) is 0 Å². The smallest absolute Gasteiger partial charge is 0.311 e. The van der Waals surface area contributed by atoms with Gasteiger partial charge in [0, 0.05) is 18.3 Å². The van der Waals surface area contributed by atoms with Crippen LogP contribution in [0.2, 0.25) is 0 Å². The number of carboxylic acid groups (broad SMARTS) is 1. The van der Waals surface area contributed by atoms with Gasteiger partial charge in [0.15, 0.2) is 0 Å². The minimum Gasteiger partial charge on any atom is -0.481 e. The summed E-state index contributed by atoms with van der Waals surface area (Å²) in [4.78, 5) is 19.7. The van der Waals surface area contributed by atoms with Crippen LogP contribution < -0.4 is 5.32 Å². The first-order valence-corrected chi connectivity index (χ1v) is 6.74. The van der Waals surface area contributed by atoms with E-state index in [1.54, 1.807) is 0 Å². The maximum absolute atomic E-state index is 11.4. The molecule has 1 aromatic rings. The second kappa shape index (κ2) is 6.50. The van der Waals surface area contributed by atoms with Crippen LogP contribution in [0.4, 0.5) is 5.82 Å². The maximum Gasteiger partial charge on any atom is 0.311 e. The summed E-state index contributed by atoms with van der Waals surface area (Å²) in [5.41, 5.74) is 0.217. The lowest BCUT2D eigenvalue weighted by Crippen LogP contribution is -2.37. The second-order valence-corrected chi connectivity index (χ2v) is 5.13. The predicted molar refractivity (Wildman–Crippen MR) is 75.3 cm³/mol. The molecule has 5 heteroatoms. The summed E-state index contributed by atoms with van der Waals surface area (Å²) in [6.07, 6.45) is 2.69. The molecule has 1 aromatic heterocycles. The molecule has 2 N–H and O–H groups in total. The van der Waals surface area contributed by atoms with E-state index < -0.39 is 11.4 Å². The number of nitrogens with zero attached hydrogens (tertiary/aromatic N) is 2. The zero-order valence-corrected chi connectivity index (χ0v) is 12.1. The standard InChI is InChI=1S/C14H23N3O2/c1-5-14(6-2,13(18)19)8-15-12-7-11(10(3)4)16-9-17-12/h7,9-10H,5-6,8H2,1-4H3,(H,18,19)(H,15,16,17). The van der Waals surface area contributed by atoms with Crippen LogP contribution in [0.25, 0.3) is 0 Å². The molecule has 0 spiro atoms. The zero-order valence-electron chi connectivity index (χ0n) is 12.1. The molecule has 0 aromatic carbocycles. The molecule has 0 aliphatic rings. The molecule has 106 valence electrons. The largest absolute Gasteiger partial charge is 0.481 e. The van der Waals surface area contributed by atoms with Crippen LogP contribution in [0.1, 0.15) is 52.1 Å². The summed E-state index contributed by atoms with van der Waals surface area (Å²) < 4.78 is 0. The molecule has 0 aliphatic heterocycles. The summed E-state index contributed by atoms with van der Waals surface area (Å²) in [5.74, 6) is 0.250. The maximum atomic E-state index is 11.4. The van der Waals surface area contributed by atoms with Crippen LogP contribution in [0.3, 0.4) is 0 Å². The molecule has 1 heterocycles. The summed E-state index contributed by atoms with van der Waals surface area (Å²) in [5, 5.41) is 12.5. The Balaban J connectivity index is 2.80. The van der Waals surface area contributed by atoms with Crippen molar-refractivity contribution in [3.05, 3.63) is 18.1 Å². The average Bonchev–Trinajstić information content (AvgIpc) is 2.40. The first kappa shape index (κ1) is 15.4. The lowest BCUT2D eigenvalue weighted by atomic mass is 9.82. The monoisotopic (exact) mass is 265 g/mol. The van der Waals surface area contributed by atoms with Gasteiger partial charge in [-0.25, -0.2) is 9.97 Å². The Labute approximate surface area is 114 Å². The molecular formula is C14H23N3O2. The number of carbonyl (C=O) groups is 1. The number of hydrogen-bond acceptors (Lipinski definition) is 4. The summed E-state index contributed by atoms with van der Waals surface area (Å²) >= 11 is 0. The van der Waals surface area contributed by atoms with E-state index in [4.69, 9.17) is 0 Å². The first-order valence-electron chi connectivity index (χ1n) is 6.74. The number of nitrogens with one attached hydrogen (secondary N) is 1. The van der Waals surface area contributed by atoms with Crippen molar-refractivity contribution >= 4 is 11.8 Å². The van der Waals surface area contributed by atoms with Crippen molar-refractivity contribution in [2.75, 3.05) is 11.9 Å². The molecular weight excluding hydrogens is 242 g/mol. The highest BCUT2D eigenvalue weighted by Crippen LogP contribution is 2.27. The Morgan fingerprint density at radius 1 is 1.37 bits per heavy atom. The number of aliphatic carboxylic acids is 1. The van der Waals surface area contributed by atoms with Gasteiger partial charge in [0.05, 0.1) is 5.41 Å². The van der Waals surface area contributed by atoms with Gasteiger partial charge in [0.1, 0.15) is 12.1 Å². The fraction of sp³-hybridized carbons (Fsp3) is 0.643. The van der Waals surface area contributed by atoms with E-state index in [9.17, 15) is 9.90 Å². The predicted octanol–water partition coefficient (Wildman–Crippen LogP) is 2.90. The van der Waals surface area contributed by atoms with Crippen molar-refractivity contribution in [1.82, 2.24) is 9.97 Å². The zero-order chi connectivity index (χ0) is 14.5. The normalized spacial score (nSPS) is 11.6. The Morgan fingerprint density at radius 3 is 2.47 bits per heavy atom. The van der Waals surface area contributed by atoms with Gasteiger partial charge in [-0.3, -0.25) is 4.79 Å². The minimum absolute atomic E-state index is 0.324. The van der Waals surface area contributed by atoms with Gasteiger partial charge < -0.3 is 10.4 Å². The highest BCUT2D eigenvalue weighted by Gasteiger charge is 2.34. The van der Waals surface area contributed by atoms with Gasteiger partial charge in [0.2, 0.25) is 0 Å². The van der Waals surface area contributed by atoms with Crippen molar-refractivity contribution < 1.29 is 9.90 Å². The van der Waals surface area contributed by atoms with Crippen molar-refractivity contribution in [1.29, 1.82) is 0 Å². The fourth-order valence-electron chi connectivity index (χ4n) is 1.92. The molecule has 0 aliphatic carbocycles. The summed E-state index contributed by atoms with van der Waals surface area (Å²) in [7, 11) is 0. The van der Waals surface area contributed by atoms with Crippen LogP contribution in [-0.2, 0) is 4.79 Å². The number of rotatable bonds is 7. The third-order valence-corrected chi connectivity index (χ3v) is 3.69. The Bertz CT molecular complexity index is 428. The molecule has 19 heavy (non-hydrogen) atoms. The van der Waals surface area contributed by atoms with Gasteiger partial charge in [0.25, 0.3) is 0 Å². The number of carboxylic acids is 1. The molecule has 0 amide bonds. The molecule has 0 unspecified atom stereocenters. The lowest BCUT2D eigenvalue weighted by molar-refractivity contribution is -0.148.